The fourth-order valence-corrected chi connectivity index (χ4v) is 2.22. The summed E-state index contributed by atoms with van der Waals surface area (Å²) in [6, 6.07) is 0.497. The summed E-state index contributed by atoms with van der Waals surface area (Å²) in [7, 11) is 0. The van der Waals surface area contributed by atoms with Gasteiger partial charge in [-0.25, -0.2) is 0 Å². The lowest BCUT2D eigenvalue weighted by Crippen LogP contribution is -2.55. The summed E-state index contributed by atoms with van der Waals surface area (Å²) >= 11 is 0. The fourth-order valence-electron chi connectivity index (χ4n) is 2.22. The summed E-state index contributed by atoms with van der Waals surface area (Å²) in [5, 5.41) is 12.0. The number of aliphatic hydroxyl groups excluding tert-OH is 1. The van der Waals surface area contributed by atoms with Crippen molar-refractivity contribution in [2.75, 3.05) is 39.3 Å². The van der Waals surface area contributed by atoms with Gasteiger partial charge in [0.05, 0.1) is 19.7 Å². The molecule has 2 fully saturated rings. The Morgan fingerprint density at radius 3 is 2.83 bits per heavy atom. The van der Waals surface area contributed by atoms with Crippen LogP contribution in [0.15, 0.2) is 4.99 Å². The molecule has 0 unspecified atom stereocenters. The Bertz CT molecular complexity index is 328. The first-order valence-corrected chi connectivity index (χ1v) is 6.69. The van der Waals surface area contributed by atoms with E-state index in [1.807, 2.05) is 16.7 Å². The number of hydrogen-bond acceptors (Lipinski definition) is 3. The van der Waals surface area contributed by atoms with E-state index in [-0.39, 0.29) is 12.5 Å². The summed E-state index contributed by atoms with van der Waals surface area (Å²) in [5.74, 6) is 0.925. The van der Waals surface area contributed by atoms with Crippen molar-refractivity contribution in [3.8, 4) is 0 Å². The largest absolute Gasteiger partial charge is 0.394 e. The molecule has 1 heterocycles. The standard InChI is InChI=1S/C12H22N4O2/c1-2-13-12(14-5-8-17)15-6-7-16(10-3-4-10)11(18)9-15/h10,17H,2-9H2,1H3,(H,13,14). The monoisotopic (exact) mass is 254 g/mol. The molecule has 1 amide bonds. The molecular weight excluding hydrogens is 232 g/mol. The van der Waals surface area contributed by atoms with Crippen LogP contribution in [0.25, 0.3) is 0 Å². The van der Waals surface area contributed by atoms with Gasteiger partial charge in [0.1, 0.15) is 0 Å². The molecule has 6 heteroatoms. The zero-order chi connectivity index (χ0) is 13.0. The van der Waals surface area contributed by atoms with E-state index in [2.05, 4.69) is 10.3 Å². The first kappa shape index (κ1) is 13.1. The minimum Gasteiger partial charge on any atom is -0.394 e. The van der Waals surface area contributed by atoms with E-state index < -0.39 is 0 Å². The summed E-state index contributed by atoms with van der Waals surface area (Å²) in [4.78, 5) is 20.3. The molecule has 2 rings (SSSR count). The van der Waals surface area contributed by atoms with Gasteiger partial charge in [0.2, 0.25) is 5.91 Å². The SMILES string of the molecule is CCNC(=NCCO)N1CCN(C2CC2)C(=O)C1. The lowest BCUT2D eigenvalue weighted by Gasteiger charge is -2.36. The van der Waals surface area contributed by atoms with Gasteiger partial charge < -0.3 is 20.2 Å². The summed E-state index contributed by atoms with van der Waals surface area (Å²) in [6.45, 7) is 5.17. The zero-order valence-electron chi connectivity index (χ0n) is 10.9. The van der Waals surface area contributed by atoms with Crippen LogP contribution < -0.4 is 5.32 Å². The summed E-state index contributed by atoms with van der Waals surface area (Å²) < 4.78 is 0. The maximum Gasteiger partial charge on any atom is 0.242 e. The highest BCUT2D eigenvalue weighted by atomic mass is 16.3. The predicted octanol–water partition coefficient (Wildman–Crippen LogP) is -0.749. The molecule has 0 aromatic rings. The van der Waals surface area contributed by atoms with Gasteiger partial charge in [-0.1, -0.05) is 0 Å². The third-order valence-corrected chi connectivity index (χ3v) is 3.24. The Hall–Kier alpha value is -1.30. The van der Waals surface area contributed by atoms with Crippen LogP contribution in [0.2, 0.25) is 0 Å². The molecule has 0 aromatic heterocycles. The number of piperazine rings is 1. The zero-order valence-corrected chi connectivity index (χ0v) is 10.9. The first-order valence-electron chi connectivity index (χ1n) is 6.69. The predicted molar refractivity (Wildman–Crippen MR) is 69.4 cm³/mol. The van der Waals surface area contributed by atoms with Crippen molar-refractivity contribution in [2.45, 2.75) is 25.8 Å². The number of hydrogen-bond donors (Lipinski definition) is 2. The van der Waals surface area contributed by atoms with Crippen molar-refractivity contribution in [1.29, 1.82) is 0 Å². The maximum atomic E-state index is 12.0. The van der Waals surface area contributed by atoms with Gasteiger partial charge in [-0.2, -0.15) is 0 Å². The van der Waals surface area contributed by atoms with E-state index in [1.165, 1.54) is 0 Å². The highest BCUT2D eigenvalue weighted by Gasteiger charge is 2.36. The molecule has 1 saturated heterocycles. The van der Waals surface area contributed by atoms with Crippen LogP contribution in [-0.2, 0) is 4.79 Å². The van der Waals surface area contributed by atoms with Gasteiger partial charge in [-0.05, 0) is 19.8 Å². The molecule has 0 bridgehead atoms. The molecule has 2 aliphatic rings. The molecule has 0 spiro atoms. The van der Waals surface area contributed by atoms with Crippen molar-refractivity contribution in [2.24, 2.45) is 4.99 Å². The molecule has 0 atom stereocenters. The van der Waals surface area contributed by atoms with Gasteiger partial charge >= 0.3 is 0 Å². The van der Waals surface area contributed by atoms with Crippen LogP contribution in [0.5, 0.6) is 0 Å². The van der Waals surface area contributed by atoms with Crippen LogP contribution in [0.3, 0.4) is 0 Å². The van der Waals surface area contributed by atoms with Gasteiger partial charge in [0, 0.05) is 25.7 Å². The number of rotatable bonds is 4. The van der Waals surface area contributed by atoms with E-state index in [4.69, 9.17) is 5.11 Å². The average Bonchev–Trinajstić information content (AvgIpc) is 3.18. The van der Waals surface area contributed by atoms with Crippen LogP contribution >= 0.6 is 0 Å². The van der Waals surface area contributed by atoms with Crippen molar-refractivity contribution in [1.82, 2.24) is 15.1 Å². The second-order valence-corrected chi connectivity index (χ2v) is 4.70. The Balaban J connectivity index is 1.93. The lowest BCUT2D eigenvalue weighted by molar-refractivity contribution is -0.135. The number of aliphatic imine (C=N–C) groups is 1. The minimum absolute atomic E-state index is 0.0326. The molecule has 18 heavy (non-hydrogen) atoms. The topological polar surface area (TPSA) is 68.2 Å². The minimum atomic E-state index is 0.0326. The average molecular weight is 254 g/mol. The van der Waals surface area contributed by atoms with E-state index in [9.17, 15) is 4.79 Å². The Labute approximate surface area is 108 Å². The first-order chi connectivity index (χ1) is 8.76. The van der Waals surface area contributed by atoms with E-state index >= 15 is 0 Å². The van der Waals surface area contributed by atoms with Gasteiger partial charge in [0.15, 0.2) is 5.96 Å². The van der Waals surface area contributed by atoms with Crippen molar-refractivity contribution >= 4 is 11.9 Å². The Kier molecular flexibility index (Phi) is 4.41. The van der Waals surface area contributed by atoms with Gasteiger partial charge in [-0.3, -0.25) is 9.79 Å². The van der Waals surface area contributed by atoms with E-state index in [1.54, 1.807) is 0 Å². The maximum absolute atomic E-state index is 12.0. The van der Waals surface area contributed by atoms with Gasteiger partial charge in [-0.15, -0.1) is 0 Å². The quantitative estimate of drug-likeness (QED) is 0.512. The molecular formula is C12H22N4O2. The number of carbonyl (C=O) groups excluding carboxylic acids is 1. The second kappa shape index (κ2) is 6.04. The normalized spacial score (nSPS) is 21.4. The van der Waals surface area contributed by atoms with E-state index in [0.29, 0.717) is 19.1 Å². The molecule has 1 saturated carbocycles. The number of carbonyl (C=O) groups is 1. The molecule has 6 nitrogen and oxygen atoms in total. The molecule has 1 aliphatic carbocycles. The Morgan fingerprint density at radius 2 is 2.28 bits per heavy atom. The van der Waals surface area contributed by atoms with Crippen molar-refractivity contribution in [3.63, 3.8) is 0 Å². The molecule has 0 radical (unpaired) electrons. The number of nitrogens with one attached hydrogen (secondary N) is 1. The summed E-state index contributed by atoms with van der Waals surface area (Å²) in [6.07, 6.45) is 2.31. The van der Waals surface area contributed by atoms with Crippen LogP contribution in [0.1, 0.15) is 19.8 Å². The number of aliphatic hydroxyl groups is 1. The van der Waals surface area contributed by atoms with Crippen LogP contribution in [0, 0.1) is 0 Å². The third-order valence-electron chi connectivity index (χ3n) is 3.24. The summed E-state index contributed by atoms with van der Waals surface area (Å²) in [5.41, 5.74) is 0. The van der Waals surface area contributed by atoms with Crippen molar-refractivity contribution in [3.05, 3.63) is 0 Å². The third kappa shape index (κ3) is 3.13. The molecule has 2 N–H and O–H groups in total. The second-order valence-electron chi connectivity index (χ2n) is 4.70. The molecule has 102 valence electrons. The van der Waals surface area contributed by atoms with Crippen LogP contribution in [0.4, 0.5) is 0 Å². The fraction of sp³-hybridized carbons (Fsp3) is 0.833. The smallest absolute Gasteiger partial charge is 0.242 e. The van der Waals surface area contributed by atoms with Gasteiger partial charge in [0.25, 0.3) is 0 Å². The number of amides is 1. The highest BCUT2D eigenvalue weighted by Crippen LogP contribution is 2.27. The van der Waals surface area contributed by atoms with Crippen LogP contribution in [-0.4, -0.2) is 72.1 Å². The molecule has 0 aromatic carbocycles. The Morgan fingerprint density at radius 1 is 1.50 bits per heavy atom. The number of nitrogens with zero attached hydrogens (tertiary/aromatic N) is 3. The van der Waals surface area contributed by atoms with E-state index in [0.717, 1.165) is 38.4 Å². The molecule has 1 aliphatic heterocycles. The van der Waals surface area contributed by atoms with Crippen molar-refractivity contribution < 1.29 is 9.90 Å². The number of guanidine groups is 1. The lowest BCUT2D eigenvalue weighted by atomic mass is 10.3. The highest BCUT2D eigenvalue weighted by molar-refractivity contribution is 5.88.